The predicted molar refractivity (Wildman–Crippen MR) is 90.3 cm³/mol. The second-order valence-electron chi connectivity index (χ2n) is 4.83. The van der Waals surface area contributed by atoms with Crippen LogP contribution in [0.1, 0.15) is 30.0 Å². The number of hydrogen-bond acceptors (Lipinski definition) is 5. The quantitative estimate of drug-likeness (QED) is 0.612. The van der Waals surface area contributed by atoms with Crippen LogP contribution in [-0.2, 0) is 10.0 Å². The summed E-state index contributed by atoms with van der Waals surface area (Å²) in [5, 5.41) is 3.77. The molecule has 2 aromatic rings. The smallest absolute Gasteiger partial charge is 0.271 e. The van der Waals surface area contributed by atoms with E-state index in [0.717, 1.165) is 0 Å². The normalized spacial score (nSPS) is 12.0. The summed E-state index contributed by atoms with van der Waals surface area (Å²) in [6, 6.07) is 9.25. The van der Waals surface area contributed by atoms with Gasteiger partial charge in [0.1, 0.15) is 5.76 Å². The number of carbonyl (C=O) groups excluding carboxylic acids is 1. The van der Waals surface area contributed by atoms with Crippen LogP contribution < -0.4 is 5.43 Å². The molecule has 0 aliphatic rings. The van der Waals surface area contributed by atoms with E-state index < -0.39 is 15.9 Å². The number of amides is 1. The molecule has 1 aromatic carbocycles. The summed E-state index contributed by atoms with van der Waals surface area (Å²) < 4.78 is 31.4. The van der Waals surface area contributed by atoms with E-state index >= 15 is 0 Å². The highest BCUT2D eigenvalue weighted by molar-refractivity contribution is 7.89. The van der Waals surface area contributed by atoms with Crippen molar-refractivity contribution < 1.29 is 17.6 Å². The van der Waals surface area contributed by atoms with E-state index in [1.807, 2.05) is 0 Å². The van der Waals surface area contributed by atoms with Crippen LogP contribution in [-0.4, -0.2) is 37.9 Å². The summed E-state index contributed by atoms with van der Waals surface area (Å²) in [4.78, 5) is 12.2. The molecule has 0 aliphatic carbocycles. The Hall–Kier alpha value is -2.45. The monoisotopic (exact) mass is 349 g/mol. The Morgan fingerprint density at radius 1 is 1.25 bits per heavy atom. The first-order chi connectivity index (χ1) is 11.5. The number of benzene rings is 1. The van der Waals surface area contributed by atoms with Crippen molar-refractivity contribution in [2.75, 3.05) is 13.1 Å². The van der Waals surface area contributed by atoms with Gasteiger partial charge in [-0.1, -0.05) is 19.9 Å². The van der Waals surface area contributed by atoms with Gasteiger partial charge in [-0.05, 0) is 30.3 Å². The molecule has 1 aromatic heterocycles. The highest BCUT2D eigenvalue weighted by Gasteiger charge is 2.22. The highest BCUT2D eigenvalue weighted by Crippen LogP contribution is 2.17. The lowest BCUT2D eigenvalue weighted by Gasteiger charge is -2.18. The number of rotatable bonds is 7. The largest absolute Gasteiger partial charge is 0.463 e. The average molecular weight is 349 g/mol. The second-order valence-corrected chi connectivity index (χ2v) is 6.77. The van der Waals surface area contributed by atoms with E-state index in [0.29, 0.717) is 18.8 Å². The third-order valence-electron chi connectivity index (χ3n) is 3.34. The zero-order valence-corrected chi connectivity index (χ0v) is 14.3. The van der Waals surface area contributed by atoms with Gasteiger partial charge in [0.15, 0.2) is 0 Å². The molecule has 1 heterocycles. The van der Waals surface area contributed by atoms with Crippen LogP contribution in [0.3, 0.4) is 0 Å². The molecule has 0 atom stereocenters. The van der Waals surface area contributed by atoms with E-state index in [-0.39, 0.29) is 10.5 Å². The number of nitrogens with one attached hydrogen (secondary N) is 1. The maximum atomic E-state index is 12.5. The van der Waals surface area contributed by atoms with Crippen LogP contribution in [0.4, 0.5) is 0 Å². The Labute approximate surface area is 141 Å². The van der Waals surface area contributed by atoms with Crippen LogP contribution in [0.2, 0.25) is 0 Å². The molecule has 0 saturated heterocycles. The first-order valence-corrected chi connectivity index (χ1v) is 8.90. The zero-order valence-electron chi connectivity index (χ0n) is 13.5. The minimum atomic E-state index is -3.61. The van der Waals surface area contributed by atoms with Gasteiger partial charge in [0, 0.05) is 18.7 Å². The maximum Gasteiger partial charge on any atom is 0.271 e. The molecule has 8 heteroatoms. The molecule has 0 bridgehead atoms. The predicted octanol–water partition coefficient (Wildman–Crippen LogP) is 2.07. The molecule has 0 radical (unpaired) electrons. The molecular formula is C16H19N3O4S. The van der Waals surface area contributed by atoms with E-state index in [1.165, 1.54) is 41.0 Å². The Kier molecular flexibility index (Phi) is 5.88. The van der Waals surface area contributed by atoms with E-state index in [2.05, 4.69) is 10.5 Å². The van der Waals surface area contributed by atoms with Gasteiger partial charge in [-0.25, -0.2) is 13.8 Å². The average Bonchev–Trinajstić information content (AvgIpc) is 3.09. The van der Waals surface area contributed by atoms with Gasteiger partial charge in [0.2, 0.25) is 10.0 Å². The summed E-state index contributed by atoms with van der Waals surface area (Å²) in [5.74, 6) is -0.0115. The van der Waals surface area contributed by atoms with Crippen LogP contribution in [0.5, 0.6) is 0 Å². The van der Waals surface area contributed by atoms with Crippen LogP contribution in [0, 0.1) is 0 Å². The Bertz CT molecular complexity index is 810. The molecule has 1 N–H and O–H groups in total. The van der Waals surface area contributed by atoms with Crippen molar-refractivity contribution in [3.05, 3.63) is 54.0 Å². The molecule has 0 saturated carbocycles. The van der Waals surface area contributed by atoms with Gasteiger partial charge in [0.25, 0.3) is 5.91 Å². The van der Waals surface area contributed by atoms with Gasteiger partial charge < -0.3 is 4.42 Å². The van der Waals surface area contributed by atoms with Crippen LogP contribution >= 0.6 is 0 Å². The molecule has 0 spiro atoms. The minimum Gasteiger partial charge on any atom is -0.463 e. The number of carbonyl (C=O) groups is 1. The molecule has 2 rings (SSSR count). The van der Waals surface area contributed by atoms with Crippen molar-refractivity contribution in [1.82, 2.24) is 9.73 Å². The molecule has 0 unspecified atom stereocenters. The summed E-state index contributed by atoms with van der Waals surface area (Å²) >= 11 is 0. The van der Waals surface area contributed by atoms with Crippen molar-refractivity contribution >= 4 is 22.1 Å². The van der Waals surface area contributed by atoms with E-state index in [9.17, 15) is 13.2 Å². The van der Waals surface area contributed by atoms with Crippen molar-refractivity contribution in [2.24, 2.45) is 5.10 Å². The fourth-order valence-electron chi connectivity index (χ4n) is 2.09. The fourth-order valence-corrected chi connectivity index (χ4v) is 3.60. The number of nitrogens with zero attached hydrogens (tertiary/aromatic N) is 2. The lowest BCUT2D eigenvalue weighted by atomic mass is 10.2. The van der Waals surface area contributed by atoms with Crippen molar-refractivity contribution in [3.63, 3.8) is 0 Å². The topological polar surface area (TPSA) is 92.0 Å². The lowest BCUT2D eigenvalue weighted by molar-refractivity contribution is 0.0955. The van der Waals surface area contributed by atoms with Crippen molar-refractivity contribution in [2.45, 2.75) is 18.7 Å². The number of hydrazone groups is 1. The zero-order chi connectivity index (χ0) is 17.6. The lowest BCUT2D eigenvalue weighted by Crippen LogP contribution is -2.30. The van der Waals surface area contributed by atoms with Gasteiger partial charge in [-0.2, -0.15) is 9.41 Å². The number of furan rings is 1. The molecule has 24 heavy (non-hydrogen) atoms. The third kappa shape index (κ3) is 4.09. The third-order valence-corrected chi connectivity index (χ3v) is 5.39. The van der Waals surface area contributed by atoms with Gasteiger partial charge in [-0.3, -0.25) is 4.79 Å². The minimum absolute atomic E-state index is 0.0777. The molecular weight excluding hydrogens is 330 g/mol. The maximum absolute atomic E-state index is 12.5. The Morgan fingerprint density at radius 2 is 2.00 bits per heavy atom. The molecule has 0 aliphatic heterocycles. The molecule has 1 amide bonds. The van der Waals surface area contributed by atoms with Gasteiger partial charge in [0.05, 0.1) is 17.4 Å². The summed E-state index contributed by atoms with van der Waals surface area (Å²) in [7, 11) is -3.61. The van der Waals surface area contributed by atoms with E-state index in [1.54, 1.807) is 26.0 Å². The van der Waals surface area contributed by atoms with Crippen LogP contribution in [0.15, 0.2) is 57.1 Å². The van der Waals surface area contributed by atoms with Crippen LogP contribution in [0.25, 0.3) is 0 Å². The Morgan fingerprint density at radius 3 is 2.62 bits per heavy atom. The Balaban J connectivity index is 2.16. The SMILES string of the molecule is CCN(CC)S(=O)(=O)c1cccc(C(=O)N/N=C/c2ccco2)c1. The first-order valence-electron chi connectivity index (χ1n) is 7.46. The summed E-state index contributed by atoms with van der Waals surface area (Å²) in [6.07, 6.45) is 2.85. The van der Waals surface area contributed by atoms with Crippen molar-refractivity contribution in [3.8, 4) is 0 Å². The fraction of sp³-hybridized carbons (Fsp3) is 0.250. The van der Waals surface area contributed by atoms with Gasteiger partial charge >= 0.3 is 0 Å². The van der Waals surface area contributed by atoms with Gasteiger partial charge in [-0.15, -0.1) is 0 Å². The number of sulfonamides is 1. The molecule has 7 nitrogen and oxygen atoms in total. The molecule has 128 valence electrons. The van der Waals surface area contributed by atoms with E-state index in [4.69, 9.17) is 4.42 Å². The first kappa shape index (κ1) is 17.9. The van der Waals surface area contributed by atoms with Crippen molar-refractivity contribution in [1.29, 1.82) is 0 Å². The summed E-state index contributed by atoms with van der Waals surface area (Å²) in [6.45, 7) is 4.26. The number of hydrogen-bond donors (Lipinski definition) is 1. The highest BCUT2D eigenvalue weighted by atomic mass is 32.2. The summed E-state index contributed by atoms with van der Waals surface area (Å²) in [5.41, 5.74) is 2.54. The molecule has 0 fully saturated rings. The standard InChI is InChI=1S/C16H19N3O4S/c1-3-19(4-2)24(21,22)15-9-5-7-13(11-15)16(20)18-17-12-14-8-6-10-23-14/h5-12H,3-4H2,1-2H3,(H,18,20)/b17-12+. The second kappa shape index (κ2) is 7.89.